The van der Waals surface area contributed by atoms with Crippen LogP contribution in [-0.2, 0) is 5.54 Å². The zero-order chi connectivity index (χ0) is 13.5. The van der Waals surface area contributed by atoms with Crippen molar-refractivity contribution >= 4 is 34.9 Å². The van der Waals surface area contributed by atoms with E-state index in [-0.39, 0.29) is 10.6 Å². The van der Waals surface area contributed by atoms with Crippen molar-refractivity contribution in [3.8, 4) is 0 Å². The van der Waals surface area contributed by atoms with Gasteiger partial charge in [-0.05, 0) is 38.0 Å². The van der Waals surface area contributed by atoms with Crippen LogP contribution in [0, 0.1) is 10.6 Å². The van der Waals surface area contributed by atoms with Crippen molar-refractivity contribution in [3.05, 3.63) is 27.7 Å². The number of halogens is 2. The second-order valence-corrected chi connectivity index (χ2v) is 5.55. The number of benzene rings is 1. The van der Waals surface area contributed by atoms with Gasteiger partial charge in [0.2, 0.25) is 0 Å². The predicted molar refractivity (Wildman–Crippen MR) is 76.3 cm³/mol. The number of nitrogens with zero attached hydrogens (tertiary/aromatic N) is 1. The van der Waals surface area contributed by atoms with Crippen molar-refractivity contribution in [2.24, 2.45) is 0 Å². The van der Waals surface area contributed by atoms with Crippen LogP contribution in [0.2, 0.25) is 5.02 Å². The van der Waals surface area contributed by atoms with Crippen LogP contribution in [0.4, 0.5) is 4.39 Å². The number of aromatic nitrogens is 2. The van der Waals surface area contributed by atoms with Gasteiger partial charge in [-0.3, -0.25) is 0 Å². The molecule has 1 heterocycles. The highest BCUT2D eigenvalue weighted by atomic mass is 35.5. The molecule has 0 spiro atoms. The second kappa shape index (κ2) is 4.67. The summed E-state index contributed by atoms with van der Waals surface area (Å²) in [4.78, 5) is 3.10. The van der Waals surface area contributed by atoms with E-state index in [0.29, 0.717) is 4.77 Å². The number of rotatable bonds is 3. The molecular weight excluding hydrogens is 271 g/mol. The molecule has 0 bridgehead atoms. The Hall–Kier alpha value is -0.870. The Morgan fingerprint density at radius 2 is 2.00 bits per heavy atom. The van der Waals surface area contributed by atoms with E-state index in [0.717, 1.165) is 23.9 Å². The van der Waals surface area contributed by atoms with E-state index in [1.54, 1.807) is 6.07 Å². The van der Waals surface area contributed by atoms with Gasteiger partial charge in [0, 0.05) is 11.6 Å². The van der Waals surface area contributed by atoms with Crippen molar-refractivity contribution in [2.75, 3.05) is 0 Å². The molecule has 0 saturated heterocycles. The Balaban J connectivity index is 2.83. The van der Waals surface area contributed by atoms with Gasteiger partial charge in [0.15, 0.2) is 4.77 Å². The van der Waals surface area contributed by atoms with Crippen LogP contribution in [0.5, 0.6) is 0 Å². The molecule has 2 aromatic rings. The molecule has 0 atom stereocenters. The lowest BCUT2D eigenvalue weighted by Gasteiger charge is -2.29. The summed E-state index contributed by atoms with van der Waals surface area (Å²) in [7, 11) is 0. The number of nitrogens with one attached hydrogen (secondary N) is 1. The maximum atomic E-state index is 13.6. The first kappa shape index (κ1) is 13.6. The van der Waals surface area contributed by atoms with E-state index >= 15 is 0 Å². The van der Waals surface area contributed by atoms with Crippen molar-refractivity contribution in [1.82, 2.24) is 9.55 Å². The molecule has 0 aliphatic heterocycles. The summed E-state index contributed by atoms with van der Waals surface area (Å²) < 4.78 is 16.2. The summed E-state index contributed by atoms with van der Waals surface area (Å²) >= 11 is 11.2. The highest BCUT2D eigenvalue weighted by Gasteiger charge is 2.25. The monoisotopic (exact) mass is 286 g/mol. The van der Waals surface area contributed by atoms with Crippen LogP contribution in [0.3, 0.4) is 0 Å². The lowest BCUT2D eigenvalue weighted by molar-refractivity contribution is 0.299. The molecule has 1 aromatic carbocycles. The maximum Gasteiger partial charge on any atom is 0.178 e. The third kappa shape index (κ3) is 1.97. The first-order chi connectivity index (χ1) is 8.42. The van der Waals surface area contributed by atoms with E-state index < -0.39 is 5.82 Å². The van der Waals surface area contributed by atoms with Crippen LogP contribution in [-0.4, -0.2) is 9.55 Å². The van der Waals surface area contributed by atoms with Crippen molar-refractivity contribution in [3.63, 3.8) is 0 Å². The van der Waals surface area contributed by atoms with E-state index in [1.807, 2.05) is 4.57 Å². The number of hydrogen-bond acceptors (Lipinski definition) is 1. The molecule has 2 rings (SSSR count). The van der Waals surface area contributed by atoms with Gasteiger partial charge in [-0.1, -0.05) is 25.4 Å². The minimum absolute atomic E-state index is 0.112. The molecule has 2 nitrogen and oxygen atoms in total. The number of imidazole rings is 1. The van der Waals surface area contributed by atoms with Crippen molar-refractivity contribution in [1.29, 1.82) is 0 Å². The van der Waals surface area contributed by atoms with E-state index in [9.17, 15) is 4.39 Å². The quantitative estimate of drug-likeness (QED) is 0.785. The molecule has 0 fully saturated rings. The number of fused-ring (bicyclic) bond motifs is 1. The minimum atomic E-state index is -0.415. The smallest absolute Gasteiger partial charge is 0.178 e. The molecule has 0 aliphatic carbocycles. The van der Waals surface area contributed by atoms with Crippen LogP contribution >= 0.6 is 23.8 Å². The Bertz CT molecular complexity index is 640. The molecule has 0 amide bonds. The Morgan fingerprint density at radius 1 is 1.39 bits per heavy atom. The zero-order valence-electron chi connectivity index (χ0n) is 10.7. The SMILES string of the molecule is CCC(C)(CC)n1c(=S)[nH]c2cc(Cl)c(F)cc21. The molecule has 0 aliphatic rings. The lowest BCUT2D eigenvalue weighted by Crippen LogP contribution is -2.28. The normalized spacial score (nSPS) is 12.3. The molecule has 0 saturated carbocycles. The summed E-state index contributed by atoms with van der Waals surface area (Å²) in [6.07, 6.45) is 1.85. The van der Waals surface area contributed by atoms with Gasteiger partial charge >= 0.3 is 0 Å². The predicted octanol–water partition coefficient (Wildman–Crippen LogP) is 5.03. The standard InChI is InChI=1S/C13H16ClFN2S/c1-4-13(3,5-2)17-11-7-9(15)8(14)6-10(11)16-12(17)18/h6-7H,4-5H2,1-3H3,(H,16,18). The van der Waals surface area contributed by atoms with Gasteiger partial charge in [0.25, 0.3) is 0 Å². The van der Waals surface area contributed by atoms with Crippen LogP contribution in [0.25, 0.3) is 11.0 Å². The van der Waals surface area contributed by atoms with Gasteiger partial charge < -0.3 is 9.55 Å². The molecule has 0 unspecified atom stereocenters. The number of hydrogen-bond donors (Lipinski definition) is 1. The molecule has 98 valence electrons. The Morgan fingerprint density at radius 3 is 2.56 bits per heavy atom. The summed E-state index contributed by atoms with van der Waals surface area (Å²) in [6.45, 7) is 6.34. The minimum Gasteiger partial charge on any atom is -0.331 e. The molecule has 5 heteroatoms. The van der Waals surface area contributed by atoms with E-state index in [1.165, 1.54) is 6.07 Å². The van der Waals surface area contributed by atoms with Crippen molar-refractivity contribution < 1.29 is 4.39 Å². The summed E-state index contributed by atoms with van der Waals surface area (Å²) in [5, 5.41) is 0.112. The van der Waals surface area contributed by atoms with Gasteiger partial charge in [-0.25, -0.2) is 4.39 Å². The van der Waals surface area contributed by atoms with Crippen LogP contribution < -0.4 is 0 Å². The fraction of sp³-hybridized carbons (Fsp3) is 0.462. The van der Waals surface area contributed by atoms with Crippen molar-refractivity contribution in [2.45, 2.75) is 39.2 Å². The van der Waals surface area contributed by atoms with E-state index in [2.05, 4.69) is 25.8 Å². The largest absolute Gasteiger partial charge is 0.331 e. The van der Waals surface area contributed by atoms with Crippen LogP contribution in [0.15, 0.2) is 12.1 Å². The first-order valence-electron chi connectivity index (χ1n) is 6.03. The Labute approximate surface area is 116 Å². The second-order valence-electron chi connectivity index (χ2n) is 4.75. The average Bonchev–Trinajstić information content (AvgIpc) is 2.65. The lowest BCUT2D eigenvalue weighted by atomic mass is 9.95. The van der Waals surface area contributed by atoms with Gasteiger partial charge in [0.1, 0.15) is 5.82 Å². The van der Waals surface area contributed by atoms with Gasteiger partial charge in [-0.15, -0.1) is 0 Å². The van der Waals surface area contributed by atoms with Gasteiger partial charge in [-0.2, -0.15) is 0 Å². The molecule has 18 heavy (non-hydrogen) atoms. The summed E-state index contributed by atoms with van der Waals surface area (Å²) in [5.74, 6) is -0.415. The maximum absolute atomic E-state index is 13.6. The third-order valence-corrected chi connectivity index (χ3v) is 4.36. The first-order valence-corrected chi connectivity index (χ1v) is 6.82. The Kier molecular flexibility index (Phi) is 3.52. The highest BCUT2D eigenvalue weighted by molar-refractivity contribution is 7.71. The third-order valence-electron chi connectivity index (χ3n) is 3.79. The molecule has 0 radical (unpaired) electrons. The average molecular weight is 287 g/mol. The molecule has 1 aromatic heterocycles. The van der Waals surface area contributed by atoms with Gasteiger partial charge in [0.05, 0.1) is 16.1 Å². The highest BCUT2D eigenvalue weighted by Crippen LogP contribution is 2.31. The number of aromatic amines is 1. The number of H-pyrrole nitrogens is 1. The van der Waals surface area contributed by atoms with E-state index in [4.69, 9.17) is 23.8 Å². The van der Waals surface area contributed by atoms with Crippen LogP contribution in [0.1, 0.15) is 33.6 Å². The summed E-state index contributed by atoms with van der Waals surface area (Å²) in [6, 6.07) is 3.04. The molecular formula is C13H16ClFN2S. The zero-order valence-corrected chi connectivity index (χ0v) is 12.3. The topological polar surface area (TPSA) is 20.7 Å². The fourth-order valence-electron chi connectivity index (χ4n) is 2.20. The fourth-order valence-corrected chi connectivity index (χ4v) is 2.80. The summed E-state index contributed by atoms with van der Waals surface area (Å²) in [5.41, 5.74) is 1.43. The molecule has 1 N–H and O–H groups in total.